The molecule has 0 amide bonds. The number of hydrogen-bond acceptors (Lipinski definition) is 2. The maximum Gasteiger partial charge on any atom is 0.0224 e. The summed E-state index contributed by atoms with van der Waals surface area (Å²) in [6.07, 6.45) is 5.20. The normalized spacial score (nSPS) is 19.3. The van der Waals surface area contributed by atoms with Gasteiger partial charge in [-0.2, -0.15) is 0 Å². The molecule has 0 bridgehead atoms. The van der Waals surface area contributed by atoms with Crippen molar-refractivity contribution in [3.63, 3.8) is 0 Å². The molecular weight excluding hydrogens is 431 g/mol. The van der Waals surface area contributed by atoms with E-state index < -0.39 is 0 Å². The van der Waals surface area contributed by atoms with Crippen LogP contribution in [0.2, 0.25) is 0 Å². The van der Waals surface area contributed by atoms with Crippen LogP contribution in [0.15, 0.2) is 53.0 Å². The van der Waals surface area contributed by atoms with Crippen molar-refractivity contribution in [2.75, 3.05) is 0 Å². The zero-order chi connectivity index (χ0) is 16.8. The van der Waals surface area contributed by atoms with E-state index in [1.165, 1.54) is 42.4 Å². The van der Waals surface area contributed by atoms with Crippen LogP contribution in [0.3, 0.4) is 0 Å². The molecule has 2 atom stereocenters. The number of benzene rings is 2. The Kier molecular flexibility index (Phi) is 10.8. The first-order valence-electron chi connectivity index (χ1n) is 8.97. The highest BCUT2D eigenvalue weighted by Crippen LogP contribution is 2.20. The van der Waals surface area contributed by atoms with E-state index in [2.05, 4.69) is 82.0 Å². The summed E-state index contributed by atoms with van der Waals surface area (Å²) < 4.78 is 1.14. The van der Waals surface area contributed by atoms with Crippen LogP contribution >= 0.6 is 40.7 Å². The molecule has 144 valence electrons. The van der Waals surface area contributed by atoms with Crippen molar-refractivity contribution in [1.29, 1.82) is 0 Å². The van der Waals surface area contributed by atoms with E-state index in [0.29, 0.717) is 12.1 Å². The average Bonchev–Trinajstić information content (AvgIpc) is 2.61. The maximum atomic E-state index is 3.78. The topological polar surface area (TPSA) is 24.1 Å². The maximum absolute atomic E-state index is 3.78. The lowest BCUT2D eigenvalue weighted by molar-refractivity contribution is 0.281. The van der Waals surface area contributed by atoms with E-state index in [1.807, 2.05) is 0 Å². The van der Waals surface area contributed by atoms with E-state index in [1.54, 1.807) is 0 Å². The third-order valence-electron chi connectivity index (χ3n) is 4.94. The Morgan fingerprint density at radius 3 is 1.65 bits per heavy atom. The first kappa shape index (κ1) is 23.5. The van der Waals surface area contributed by atoms with Gasteiger partial charge in [0.15, 0.2) is 0 Å². The number of hydrogen-bond donors (Lipinski definition) is 2. The highest BCUT2D eigenvalue weighted by atomic mass is 79.9. The largest absolute Gasteiger partial charge is 0.308 e. The summed E-state index contributed by atoms with van der Waals surface area (Å²) in [6.45, 7) is 4.04. The minimum absolute atomic E-state index is 0. The van der Waals surface area contributed by atoms with Crippen LogP contribution in [0.4, 0.5) is 0 Å². The number of rotatable bonds is 6. The summed E-state index contributed by atoms with van der Waals surface area (Å²) in [4.78, 5) is 0. The van der Waals surface area contributed by atoms with Crippen LogP contribution in [-0.2, 0) is 13.1 Å². The molecule has 0 heterocycles. The highest BCUT2D eigenvalue weighted by Gasteiger charge is 2.24. The van der Waals surface area contributed by atoms with Gasteiger partial charge in [0.1, 0.15) is 0 Å². The summed E-state index contributed by atoms with van der Waals surface area (Å²) in [6, 6.07) is 18.6. The van der Waals surface area contributed by atoms with Gasteiger partial charge in [0, 0.05) is 29.6 Å². The van der Waals surface area contributed by atoms with Gasteiger partial charge in [0.25, 0.3) is 0 Å². The molecule has 5 heteroatoms. The van der Waals surface area contributed by atoms with Crippen LogP contribution in [0, 0.1) is 6.92 Å². The van der Waals surface area contributed by atoms with Crippen LogP contribution in [0.5, 0.6) is 0 Å². The third-order valence-corrected chi connectivity index (χ3v) is 5.47. The van der Waals surface area contributed by atoms with Crippen LogP contribution in [-0.4, -0.2) is 12.1 Å². The Morgan fingerprint density at radius 2 is 1.19 bits per heavy atom. The summed E-state index contributed by atoms with van der Waals surface area (Å²) in [5.41, 5.74) is 4.05. The summed E-state index contributed by atoms with van der Waals surface area (Å²) in [7, 11) is 0. The fraction of sp³-hybridized carbons (Fsp3) is 0.429. The first-order valence-corrected chi connectivity index (χ1v) is 9.77. The molecule has 1 aliphatic rings. The van der Waals surface area contributed by atoms with Crippen molar-refractivity contribution >= 4 is 40.7 Å². The molecule has 2 N–H and O–H groups in total. The zero-order valence-electron chi connectivity index (χ0n) is 15.2. The summed E-state index contributed by atoms with van der Waals surface area (Å²) in [5, 5.41) is 7.56. The quantitative estimate of drug-likeness (QED) is 0.570. The monoisotopic (exact) mass is 458 g/mol. The molecule has 1 saturated carbocycles. The first-order chi connectivity index (χ1) is 11.7. The Balaban J connectivity index is 0.00000169. The molecule has 2 aromatic carbocycles. The zero-order valence-corrected chi connectivity index (χ0v) is 18.4. The van der Waals surface area contributed by atoms with Gasteiger partial charge >= 0.3 is 0 Å². The van der Waals surface area contributed by atoms with Gasteiger partial charge in [0.05, 0.1) is 0 Å². The molecule has 2 nitrogen and oxygen atoms in total. The Hall–Kier alpha value is -0.580. The summed E-state index contributed by atoms with van der Waals surface area (Å²) in [5.74, 6) is 0. The minimum atomic E-state index is 0. The predicted molar refractivity (Wildman–Crippen MR) is 120 cm³/mol. The molecule has 0 aromatic heterocycles. The molecule has 0 radical (unpaired) electrons. The van der Waals surface area contributed by atoms with Crippen molar-refractivity contribution in [3.8, 4) is 0 Å². The molecule has 1 aliphatic carbocycles. The second kappa shape index (κ2) is 12.0. The van der Waals surface area contributed by atoms with Gasteiger partial charge in [-0.25, -0.2) is 0 Å². The molecular formula is C21H29BrCl2N2. The summed E-state index contributed by atoms with van der Waals surface area (Å²) >= 11 is 3.50. The van der Waals surface area contributed by atoms with Crippen molar-refractivity contribution in [3.05, 3.63) is 69.7 Å². The van der Waals surface area contributed by atoms with E-state index in [4.69, 9.17) is 0 Å². The molecule has 0 spiro atoms. The van der Waals surface area contributed by atoms with Gasteiger partial charge in [-0.15, -0.1) is 24.8 Å². The van der Waals surface area contributed by atoms with Crippen molar-refractivity contribution in [1.82, 2.24) is 10.6 Å². The molecule has 0 aliphatic heterocycles. The van der Waals surface area contributed by atoms with Crippen LogP contribution < -0.4 is 10.6 Å². The molecule has 1 fully saturated rings. The van der Waals surface area contributed by atoms with Crippen molar-refractivity contribution < 1.29 is 0 Å². The van der Waals surface area contributed by atoms with E-state index in [9.17, 15) is 0 Å². The standard InChI is InChI=1S/C21H27BrN2.2ClH/c1-16-6-8-17(9-7-16)14-23-20-4-2-3-5-21(20)24-15-18-10-12-19(22)13-11-18;;/h6-13,20-21,23-24H,2-5,14-15H2,1H3;2*1H. The average molecular weight is 460 g/mol. The van der Waals surface area contributed by atoms with Gasteiger partial charge in [0.2, 0.25) is 0 Å². The van der Waals surface area contributed by atoms with Crippen LogP contribution in [0.1, 0.15) is 42.4 Å². The van der Waals surface area contributed by atoms with Gasteiger partial charge < -0.3 is 10.6 Å². The Morgan fingerprint density at radius 1 is 0.769 bits per heavy atom. The van der Waals surface area contributed by atoms with Crippen LogP contribution in [0.25, 0.3) is 0 Å². The smallest absolute Gasteiger partial charge is 0.0224 e. The molecule has 0 saturated heterocycles. The Labute approximate surface area is 178 Å². The number of halogens is 3. The molecule has 26 heavy (non-hydrogen) atoms. The molecule has 3 rings (SSSR count). The second-order valence-corrected chi connectivity index (χ2v) is 7.79. The van der Waals surface area contributed by atoms with Gasteiger partial charge in [-0.1, -0.05) is 70.7 Å². The van der Waals surface area contributed by atoms with E-state index >= 15 is 0 Å². The number of aryl methyl sites for hydroxylation is 1. The van der Waals surface area contributed by atoms with E-state index in [0.717, 1.165) is 17.6 Å². The predicted octanol–water partition coefficient (Wildman–Crippen LogP) is 5.79. The lowest BCUT2D eigenvalue weighted by Crippen LogP contribution is -2.49. The van der Waals surface area contributed by atoms with E-state index in [-0.39, 0.29) is 24.8 Å². The Bertz CT molecular complexity index is 574. The van der Waals surface area contributed by atoms with Crippen molar-refractivity contribution in [2.45, 2.75) is 57.8 Å². The minimum Gasteiger partial charge on any atom is -0.308 e. The fourth-order valence-corrected chi connectivity index (χ4v) is 3.69. The lowest BCUT2D eigenvalue weighted by Gasteiger charge is -2.33. The molecule has 2 aromatic rings. The second-order valence-electron chi connectivity index (χ2n) is 6.87. The highest BCUT2D eigenvalue weighted by molar-refractivity contribution is 9.10. The fourth-order valence-electron chi connectivity index (χ4n) is 3.43. The van der Waals surface area contributed by atoms with Crippen molar-refractivity contribution in [2.24, 2.45) is 0 Å². The third kappa shape index (κ3) is 7.21. The lowest BCUT2D eigenvalue weighted by atomic mass is 9.90. The number of nitrogens with one attached hydrogen (secondary N) is 2. The van der Waals surface area contributed by atoms with Gasteiger partial charge in [-0.05, 0) is 43.0 Å². The van der Waals surface area contributed by atoms with Gasteiger partial charge in [-0.3, -0.25) is 0 Å². The SMILES string of the molecule is Cc1ccc(CNC2CCCCC2NCc2ccc(Br)cc2)cc1.Cl.Cl. The molecule has 2 unspecified atom stereocenters.